The van der Waals surface area contributed by atoms with Gasteiger partial charge < -0.3 is 14.5 Å². The first kappa shape index (κ1) is 19.1. The molecule has 2 aromatic heterocycles. The molecule has 0 atom stereocenters. The van der Waals surface area contributed by atoms with Crippen molar-refractivity contribution in [3.05, 3.63) is 60.2 Å². The van der Waals surface area contributed by atoms with Crippen molar-refractivity contribution in [2.45, 2.75) is 0 Å². The summed E-state index contributed by atoms with van der Waals surface area (Å²) >= 11 is 0. The van der Waals surface area contributed by atoms with Crippen LogP contribution in [0.5, 0.6) is 5.88 Å². The molecule has 1 fully saturated rings. The van der Waals surface area contributed by atoms with Crippen molar-refractivity contribution in [1.82, 2.24) is 24.6 Å². The van der Waals surface area contributed by atoms with E-state index in [1.807, 2.05) is 7.05 Å². The Morgan fingerprint density at radius 3 is 2.52 bits per heavy atom. The number of piperazine rings is 1. The van der Waals surface area contributed by atoms with E-state index >= 15 is 0 Å². The van der Waals surface area contributed by atoms with Gasteiger partial charge in [0.25, 0.3) is 5.91 Å². The largest absolute Gasteiger partial charge is 0.481 e. The highest BCUT2D eigenvalue weighted by Gasteiger charge is 2.25. The SMILES string of the molecule is COc1ccc(-n2nc(C(=O)N3CCN(C)CC3)cc2-c2ccccc2F)cn1. The lowest BCUT2D eigenvalue weighted by atomic mass is 10.1. The maximum atomic E-state index is 14.5. The minimum atomic E-state index is -0.381. The molecule has 1 saturated heterocycles. The molecule has 1 aliphatic rings. The molecule has 4 rings (SSSR count). The first-order valence-electron chi connectivity index (χ1n) is 9.40. The maximum absolute atomic E-state index is 14.5. The van der Waals surface area contributed by atoms with E-state index < -0.39 is 0 Å². The van der Waals surface area contributed by atoms with E-state index in [0.29, 0.717) is 35.9 Å². The summed E-state index contributed by atoms with van der Waals surface area (Å²) in [6, 6.07) is 11.6. The number of hydrogen-bond donors (Lipinski definition) is 0. The zero-order valence-corrected chi connectivity index (χ0v) is 16.4. The van der Waals surface area contributed by atoms with Crippen molar-refractivity contribution in [1.29, 1.82) is 0 Å². The van der Waals surface area contributed by atoms with E-state index in [0.717, 1.165) is 13.1 Å². The minimum absolute atomic E-state index is 0.157. The van der Waals surface area contributed by atoms with Crippen LogP contribution in [0.25, 0.3) is 16.9 Å². The molecule has 8 heteroatoms. The lowest BCUT2D eigenvalue weighted by Gasteiger charge is -2.31. The fourth-order valence-electron chi connectivity index (χ4n) is 3.33. The number of carbonyl (C=O) groups is 1. The fourth-order valence-corrected chi connectivity index (χ4v) is 3.33. The predicted molar refractivity (Wildman–Crippen MR) is 107 cm³/mol. The lowest BCUT2D eigenvalue weighted by molar-refractivity contribution is 0.0657. The maximum Gasteiger partial charge on any atom is 0.274 e. The second kappa shape index (κ2) is 8.00. The zero-order valence-electron chi connectivity index (χ0n) is 16.4. The molecular formula is C21H22FN5O2. The average Bonchev–Trinajstić information content (AvgIpc) is 3.19. The van der Waals surface area contributed by atoms with Crippen LogP contribution in [0.1, 0.15) is 10.5 Å². The molecule has 1 amide bonds. The van der Waals surface area contributed by atoms with Crippen molar-refractivity contribution in [3.8, 4) is 22.8 Å². The molecule has 0 bridgehead atoms. The van der Waals surface area contributed by atoms with Crippen LogP contribution in [-0.4, -0.2) is 70.8 Å². The Kier molecular flexibility index (Phi) is 5.26. The number of pyridine rings is 1. The van der Waals surface area contributed by atoms with Gasteiger partial charge >= 0.3 is 0 Å². The van der Waals surface area contributed by atoms with E-state index in [-0.39, 0.29) is 17.4 Å². The van der Waals surface area contributed by atoms with Crippen LogP contribution >= 0.6 is 0 Å². The summed E-state index contributed by atoms with van der Waals surface area (Å²) in [7, 11) is 3.57. The van der Waals surface area contributed by atoms with Crippen molar-refractivity contribution in [2.24, 2.45) is 0 Å². The highest BCUT2D eigenvalue weighted by molar-refractivity contribution is 5.93. The van der Waals surface area contributed by atoms with Crippen LogP contribution < -0.4 is 4.74 Å². The molecule has 1 aliphatic heterocycles. The smallest absolute Gasteiger partial charge is 0.274 e. The van der Waals surface area contributed by atoms with Gasteiger partial charge in [0.05, 0.1) is 24.7 Å². The molecule has 29 heavy (non-hydrogen) atoms. The summed E-state index contributed by atoms with van der Waals surface area (Å²) in [4.78, 5) is 21.2. The number of hydrogen-bond acceptors (Lipinski definition) is 5. The van der Waals surface area contributed by atoms with Gasteiger partial charge in [-0.25, -0.2) is 14.1 Å². The molecule has 0 radical (unpaired) electrons. The van der Waals surface area contributed by atoms with Crippen molar-refractivity contribution >= 4 is 5.91 Å². The van der Waals surface area contributed by atoms with Crippen LogP contribution in [0.3, 0.4) is 0 Å². The number of halogens is 1. The first-order chi connectivity index (χ1) is 14.1. The lowest BCUT2D eigenvalue weighted by Crippen LogP contribution is -2.47. The van der Waals surface area contributed by atoms with Crippen molar-refractivity contribution in [2.75, 3.05) is 40.3 Å². The highest BCUT2D eigenvalue weighted by atomic mass is 19.1. The monoisotopic (exact) mass is 395 g/mol. The number of methoxy groups -OCH3 is 1. The topological polar surface area (TPSA) is 63.5 Å². The third-order valence-corrected chi connectivity index (χ3v) is 5.04. The van der Waals surface area contributed by atoms with Gasteiger partial charge in [-0.1, -0.05) is 12.1 Å². The summed E-state index contributed by atoms with van der Waals surface area (Å²) in [5, 5.41) is 4.51. The molecule has 1 aromatic carbocycles. The number of rotatable bonds is 4. The Bertz CT molecular complexity index is 1010. The van der Waals surface area contributed by atoms with Gasteiger partial charge in [-0.3, -0.25) is 4.79 Å². The van der Waals surface area contributed by atoms with Gasteiger partial charge in [0.2, 0.25) is 5.88 Å². The Labute approximate surface area is 168 Å². The van der Waals surface area contributed by atoms with Crippen LogP contribution in [0, 0.1) is 5.82 Å². The van der Waals surface area contributed by atoms with Crippen molar-refractivity contribution in [3.63, 3.8) is 0 Å². The number of aromatic nitrogens is 3. The van der Waals surface area contributed by atoms with Gasteiger partial charge in [-0.2, -0.15) is 5.10 Å². The van der Waals surface area contributed by atoms with Crippen molar-refractivity contribution < 1.29 is 13.9 Å². The third-order valence-electron chi connectivity index (χ3n) is 5.04. The quantitative estimate of drug-likeness (QED) is 0.679. The fraction of sp³-hybridized carbons (Fsp3) is 0.286. The molecule has 3 heterocycles. The Balaban J connectivity index is 1.76. The molecular weight excluding hydrogens is 373 g/mol. The highest BCUT2D eigenvalue weighted by Crippen LogP contribution is 2.27. The Morgan fingerprint density at radius 2 is 1.86 bits per heavy atom. The number of likely N-dealkylation sites (N-methyl/N-ethyl adjacent to an activating group) is 1. The van der Waals surface area contributed by atoms with Gasteiger partial charge in [0.15, 0.2) is 5.69 Å². The van der Waals surface area contributed by atoms with Crippen LogP contribution in [0.2, 0.25) is 0 Å². The number of amides is 1. The first-order valence-corrected chi connectivity index (χ1v) is 9.40. The summed E-state index contributed by atoms with van der Waals surface area (Å²) in [6.07, 6.45) is 1.58. The van der Waals surface area contributed by atoms with E-state index in [2.05, 4.69) is 15.0 Å². The van der Waals surface area contributed by atoms with E-state index in [9.17, 15) is 9.18 Å². The minimum Gasteiger partial charge on any atom is -0.481 e. The van der Waals surface area contributed by atoms with E-state index in [1.165, 1.54) is 13.2 Å². The summed E-state index contributed by atoms with van der Waals surface area (Å²) in [5.41, 5.74) is 1.76. The number of ether oxygens (including phenoxy) is 1. The number of nitrogens with zero attached hydrogens (tertiary/aromatic N) is 5. The molecule has 3 aromatic rings. The molecule has 150 valence electrons. The molecule has 0 unspecified atom stereocenters. The van der Waals surface area contributed by atoms with Crippen LogP contribution in [0.15, 0.2) is 48.7 Å². The Morgan fingerprint density at radius 1 is 1.10 bits per heavy atom. The Hall–Kier alpha value is -3.26. The molecule has 0 saturated carbocycles. The number of benzene rings is 1. The second-order valence-corrected chi connectivity index (χ2v) is 6.96. The summed E-state index contributed by atoms with van der Waals surface area (Å²) in [5.74, 6) is -0.0771. The second-order valence-electron chi connectivity index (χ2n) is 6.96. The van der Waals surface area contributed by atoms with Gasteiger partial charge in [0, 0.05) is 37.8 Å². The normalized spacial score (nSPS) is 14.8. The standard InChI is InChI=1S/C21H22FN5O2/c1-25-9-11-26(12-10-25)21(28)18-13-19(16-5-3-4-6-17(16)22)27(24-18)15-7-8-20(29-2)23-14-15/h3-8,13-14H,9-12H2,1-2H3. The summed E-state index contributed by atoms with van der Waals surface area (Å²) < 4.78 is 21.2. The molecule has 0 spiro atoms. The average molecular weight is 395 g/mol. The van der Waals surface area contributed by atoms with E-state index in [1.54, 1.807) is 52.2 Å². The summed E-state index contributed by atoms with van der Waals surface area (Å²) in [6.45, 7) is 2.91. The van der Waals surface area contributed by atoms with Crippen LogP contribution in [-0.2, 0) is 0 Å². The molecule has 0 N–H and O–H groups in total. The molecule has 7 nitrogen and oxygen atoms in total. The molecule has 0 aliphatic carbocycles. The third kappa shape index (κ3) is 3.84. The number of carbonyl (C=O) groups excluding carboxylic acids is 1. The van der Waals surface area contributed by atoms with Gasteiger partial charge in [-0.15, -0.1) is 0 Å². The van der Waals surface area contributed by atoms with Gasteiger partial charge in [-0.05, 0) is 31.3 Å². The van der Waals surface area contributed by atoms with Gasteiger partial charge in [0.1, 0.15) is 5.82 Å². The predicted octanol–water partition coefficient (Wildman–Crippen LogP) is 2.47. The zero-order chi connectivity index (χ0) is 20.4. The van der Waals surface area contributed by atoms with E-state index in [4.69, 9.17) is 4.74 Å². The van der Waals surface area contributed by atoms with Crippen LogP contribution in [0.4, 0.5) is 4.39 Å².